The van der Waals surface area contributed by atoms with E-state index in [1.807, 2.05) is 13.8 Å². The highest BCUT2D eigenvalue weighted by atomic mass is 35.5. The number of hydrogen-bond donors (Lipinski definition) is 2. The lowest BCUT2D eigenvalue weighted by Crippen LogP contribution is -2.12. The molecule has 0 aliphatic rings. The predicted molar refractivity (Wildman–Crippen MR) is 83.8 cm³/mol. The highest BCUT2D eigenvalue weighted by Crippen LogP contribution is 2.19. The largest absolute Gasteiger partial charge is 0.491 e. The third-order valence-corrected chi connectivity index (χ3v) is 2.92. The van der Waals surface area contributed by atoms with Crippen molar-refractivity contribution in [2.45, 2.75) is 20.0 Å². The number of ether oxygens (including phenoxy) is 1. The van der Waals surface area contributed by atoms with Crippen molar-refractivity contribution in [3.8, 4) is 5.75 Å². The normalized spacial score (nSPS) is 10.5. The molecule has 2 aromatic rings. The fourth-order valence-electron chi connectivity index (χ4n) is 1.66. The Hall–Kier alpha value is -2.27. The van der Waals surface area contributed by atoms with E-state index in [0.29, 0.717) is 11.3 Å². The van der Waals surface area contributed by atoms with Gasteiger partial charge in [-0.2, -0.15) is 0 Å². The molecule has 0 bridgehead atoms. The molecular formula is C15H16ClN3O2. The van der Waals surface area contributed by atoms with Crippen molar-refractivity contribution in [2.24, 2.45) is 0 Å². The third kappa shape index (κ3) is 4.10. The Morgan fingerprint density at radius 3 is 2.57 bits per heavy atom. The highest BCUT2D eigenvalue weighted by Gasteiger charge is 2.09. The Kier molecular flexibility index (Phi) is 4.65. The van der Waals surface area contributed by atoms with Gasteiger partial charge in [0.1, 0.15) is 11.6 Å². The summed E-state index contributed by atoms with van der Waals surface area (Å²) in [5, 5.41) is 3.00. The Morgan fingerprint density at radius 2 is 2.00 bits per heavy atom. The van der Waals surface area contributed by atoms with Crippen LogP contribution < -0.4 is 15.8 Å². The van der Waals surface area contributed by atoms with E-state index in [1.165, 1.54) is 12.3 Å². The zero-order chi connectivity index (χ0) is 15.4. The van der Waals surface area contributed by atoms with Crippen LogP contribution in [0, 0.1) is 0 Å². The predicted octanol–water partition coefficient (Wildman–Crippen LogP) is 3.36. The fourth-order valence-corrected chi connectivity index (χ4v) is 1.83. The maximum absolute atomic E-state index is 12.1. The number of nitrogens with one attached hydrogen (secondary N) is 1. The quantitative estimate of drug-likeness (QED) is 0.908. The molecule has 0 atom stereocenters. The number of hydrogen-bond acceptors (Lipinski definition) is 4. The van der Waals surface area contributed by atoms with E-state index in [-0.39, 0.29) is 22.9 Å². The summed E-state index contributed by atoms with van der Waals surface area (Å²) >= 11 is 5.85. The van der Waals surface area contributed by atoms with Gasteiger partial charge in [0.15, 0.2) is 0 Å². The first-order chi connectivity index (χ1) is 9.95. The maximum atomic E-state index is 12.1. The molecule has 0 aliphatic heterocycles. The van der Waals surface area contributed by atoms with Gasteiger partial charge in [-0.05, 0) is 44.2 Å². The molecule has 3 N–H and O–H groups in total. The number of halogens is 1. The summed E-state index contributed by atoms with van der Waals surface area (Å²) < 4.78 is 5.53. The van der Waals surface area contributed by atoms with Crippen molar-refractivity contribution in [1.29, 1.82) is 0 Å². The van der Waals surface area contributed by atoms with Crippen molar-refractivity contribution in [3.63, 3.8) is 0 Å². The summed E-state index contributed by atoms with van der Waals surface area (Å²) in [7, 11) is 0. The van der Waals surface area contributed by atoms with Crippen LogP contribution in [0.5, 0.6) is 5.75 Å². The standard InChI is InChI=1S/C15H16ClN3O2/c1-9(2)21-12-5-3-11(4-6-12)19-15(20)10-7-13(16)14(17)18-8-10/h3-9H,1-2H3,(H2,17,18)(H,19,20). The van der Waals surface area contributed by atoms with Gasteiger partial charge in [0, 0.05) is 11.9 Å². The molecule has 21 heavy (non-hydrogen) atoms. The molecule has 0 aliphatic carbocycles. The SMILES string of the molecule is CC(C)Oc1ccc(NC(=O)c2cnc(N)c(Cl)c2)cc1. The number of rotatable bonds is 4. The van der Waals surface area contributed by atoms with E-state index in [2.05, 4.69) is 10.3 Å². The van der Waals surface area contributed by atoms with Crippen LogP contribution in [0.1, 0.15) is 24.2 Å². The molecule has 110 valence electrons. The lowest BCUT2D eigenvalue weighted by molar-refractivity contribution is 0.102. The summed E-state index contributed by atoms with van der Waals surface area (Å²) in [6.45, 7) is 3.90. The summed E-state index contributed by atoms with van der Waals surface area (Å²) in [5.74, 6) is 0.644. The number of carbonyl (C=O) groups excluding carboxylic acids is 1. The van der Waals surface area contributed by atoms with Gasteiger partial charge in [0.2, 0.25) is 0 Å². The summed E-state index contributed by atoms with van der Waals surface area (Å²) in [4.78, 5) is 15.9. The Bertz CT molecular complexity index is 642. The van der Waals surface area contributed by atoms with Crippen molar-refractivity contribution in [2.75, 3.05) is 11.1 Å². The van der Waals surface area contributed by atoms with Gasteiger partial charge in [0.05, 0.1) is 16.7 Å². The zero-order valence-corrected chi connectivity index (χ0v) is 12.5. The monoisotopic (exact) mass is 305 g/mol. The van der Waals surface area contributed by atoms with E-state index < -0.39 is 0 Å². The number of nitrogens with zero attached hydrogens (tertiary/aromatic N) is 1. The van der Waals surface area contributed by atoms with Crippen molar-refractivity contribution >= 4 is 29.0 Å². The average Bonchev–Trinajstić information content (AvgIpc) is 2.43. The van der Waals surface area contributed by atoms with Gasteiger partial charge < -0.3 is 15.8 Å². The van der Waals surface area contributed by atoms with Crippen molar-refractivity contribution in [3.05, 3.63) is 47.1 Å². The topological polar surface area (TPSA) is 77.2 Å². The van der Waals surface area contributed by atoms with Crippen LogP contribution in [-0.2, 0) is 0 Å². The Balaban J connectivity index is 2.06. The lowest BCUT2D eigenvalue weighted by atomic mass is 10.2. The van der Waals surface area contributed by atoms with Crippen LogP contribution in [0.25, 0.3) is 0 Å². The molecule has 0 fully saturated rings. The second-order valence-electron chi connectivity index (χ2n) is 4.74. The van der Waals surface area contributed by atoms with E-state index in [9.17, 15) is 4.79 Å². The molecule has 1 aromatic carbocycles. The summed E-state index contributed by atoms with van der Waals surface area (Å²) in [5.41, 5.74) is 6.51. The molecule has 0 spiro atoms. The van der Waals surface area contributed by atoms with Gasteiger partial charge in [0.25, 0.3) is 5.91 Å². The van der Waals surface area contributed by atoms with E-state index in [1.54, 1.807) is 24.3 Å². The van der Waals surface area contributed by atoms with E-state index in [0.717, 1.165) is 5.75 Å². The molecule has 0 radical (unpaired) electrons. The van der Waals surface area contributed by atoms with Gasteiger partial charge in [-0.25, -0.2) is 4.98 Å². The molecule has 0 saturated carbocycles. The van der Waals surface area contributed by atoms with Crippen LogP contribution in [0.15, 0.2) is 36.5 Å². The number of pyridine rings is 1. The number of amides is 1. The number of carbonyl (C=O) groups is 1. The molecule has 0 saturated heterocycles. The average molecular weight is 306 g/mol. The smallest absolute Gasteiger partial charge is 0.257 e. The minimum absolute atomic E-state index is 0.105. The van der Waals surface area contributed by atoms with Crippen LogP contribution in [0.4, 0.5) is 11.5 Å². The molecule has 1 aromatic heterocycles. The molecule has 1 heterocycles. The molecular weight excluding hydrogens is 290 g/mol. The molecule has 1 amide bonds. The second-order valence-corrected chi connectivity index (χ2v) is 5.14. The number of anilines is 2. The number of aromatic nitrogens is 1. The summed E-state index contributed by atoms with van der Waals surface area (Å²) in [6, 6.07) is 8.60. The minimum atomic E-state index is -0.304. The first kappa shape index (κ1) is 15.1. The minimum Gasteiger partial charge on any atom is -0.491 e. The molecule has 6 heteroatoms. The molecule has 0 unspecified atom stereocenters. The first-order valence-electron chi connectivity index (χ1n) is 6.45. The Morgan fingerprint density at radius 1 is 1.33 bits per heavy atom. The number of nitrogen functional groups attached to an aromatic ring is 1. The third-order valence-electron chi connectivity index (χ3n) is 2.62. The fraction of sp³-hybridized carbons (Fsp3) is 0.200. The van der Waals surface area contributed by atoms with Crippen LogP contribution >= 0.6 is 11.6 Å². The highest BCUT2D eigenvalue weighted by molar-refractivity contribution is 6.33. The van der Waals surface area contributed by atoms with Crippen LogP contribution in [-0.4, -0.2) is 17.0 Å². The molecule has 2 rings (SSSR count). The lowest BCUT2D eigenvalue weighted by Gasteiger charge is -2.10. The summed E-state index contributed by atoms with van der Waals surface area (Å²) in [6.07, 6.45) is 1.49. The molecule has 5 nitrogen and oxygen atoms in total. The zero-order valence-electron chi connectivity index (χ0n) is 11.8. The van der Waals surface area contributed by atoms with Crippen LogP contribution in [0.2, 0.25) is 5.02 Å². The van der Waals surface area contributed by atoms with Crippen LogP contribution in [0.3, 0.4) is 0 Å². The van der Waals surface area contributed by atoms with E-state index >= 15 is 0 Å². The van der Waals surface area contributed by atoms with E-state index in [4.69, 9.17) is 22.1 Å². The van der Waals surface area contributed by atoms with Gasteiger partial charge in [-0.15, -0.1) is 0 Å². The first-order valence-corrected chi connectivity index (χ1v) is 6.82. The second kappa shape index (κ2) is 6.45. The number of nitrogens with two attached hydrogens (primary N) is 1. The van der Waals surface area contributed by atoms with Gasteiger partial charge in [-0.3, -0.25) is 4.79 Å². The van der Waals surface area contributed by atoms with Gasteiger partial charge in [-0.1, -0.05) is 11.6 Å². The maximum Gasteiger partial charge on any atom is 0.257 e. The number of benzene rings is 1. The Labute approximate surface area is 128 Å². The van der Waals surface area contributed by atoms with Gasteiger partial charge >= 0.3 is 0 Å². The van der Waals surface area contributed by atoms with Crippen molar-refractivity contribution < 1.29 is 9.53 Å². The van der Waals surface area contributed by atoms with Crippen molar-refractivity contribution in [1.82, 2.24) is 4.98 Å².